The van der Waals surface area contributed by atoms with E-state index in [1.165, 1.54) is 5.56 Å². The molecule has 2 atom stereocenters. The van der Waals surface area contributed by atoms with Gasteiger partial charge in [0.25, 0.3) is 0 Å². The fourth-order valence-electron chi connectivity index (χ4n) is 1.88. The number of ether oxygens (including phenoxy) is 1. The zero-order valence-corrected chi connectivity index (χ0v) is 9.63. The van der Waals surface area contributed by atoms with Gasteiger partial charge in [0.2, 0.25) is 0 Å². The van der Waals surface area contributed by atoms with E-state index in [1.807, 2.05) is 12.1 Å². The van der Waals surface area contributed by atoms with Gasteiger partial charge in [-0.15, -0.1) is 0 Å². The molecule has 1 heterocycles. The second-order valence-corrected chi connectivity index (χ2v) is 4.49. The van der Waals surface area contributed by atoms with Crippen molar-refractivity contribution in [3.8, 4) is 0 Å². The monoisotopic (exact) mass is 225 g/mol. The predicted octanol–water partition coefficient (Wildman–Crippen LogP) is 2.26. The fraction of sp³-hybridized carbons (Fsp3) is 0.500. The third-order valence-electron chi connectivity index (χ3n) is 2.61. The number of hydrogen-bond donors (Lipinski definition) is 1. The van der Waals surface area contributed by atoms with Gasteiger partial charge in [0.05, 0.1) is 12.2 Å². The average Bonchev–Trinajstić information content (AvgIpc) is 2.22. The molecule has 2 nitrogen and oxygen atoms in total. The van der Waals surface area contributed by atoms with Gasteiger partial charge in [-0.25, -0.2) is 0 Å². The molecule has 0 bridgehead atoms. The number of hydrogen-bond acceptors (Lipinski definition) is 2. The van der Waals surface area contributed by atoms with Crippen LogP contribution >= 0.6 is 11.6 Å². The molecule has 0 spiro atoms. The lowest BCUT2D eigenvalue weighted by atomic mass is 10.1. The molecule has 0 aliphatic carbocycles. The van der Waals surface area contributed by atoms with Crippen LogP contribution in [-0.4, -0.2) is 25.3 Å². The van der Waals surface area contributed by atoms with E-state index in [4.69, 9.17) is 16.3 Å². The maximum absolute atomic E-state index is 5.83. The van der Waals surface area contributed by atoms with E-state index in [0.29, 0.717) is 6.10 Å². The number of benzene rings is 1. The first-order valence-corrected chi connectivity index (χ1v) is 5.72. The highest BCUT2D eigenvalue weighted by molar-refractivity contribution is 6.30. The molecule has 0 amide bonds. The molecule has 1 aliphatic rings. The maximum Gasteiger partial charge on any atom is 0.0743 e. The zero-order chi connectivity index (χ0) is 10.7. The quantitative estimate of drug-likeness (QED) is 0.834. The average molecular weight is 226 g/mol. The van der Waals surface area contributed by atoms with Crippen molar-refractivity contribution in [1.29, 1.82) is 0 Å². The highest BCUT2D eigenvalue weighted by Gasteiger charge is 2.18. The third kappa shape index (κ3) is 3.20. The predicted molar refractivity (Wildman–Crippen MR) is 62.4 cm³/mol. The molecule has 1 saturated heterocycles. The lowest BCUT2D eigenvalue weighted by Crippen LogP contribution is -2.44. The first-order chi connectivity index (χ1) is 7.24. The van der Waals surface area contributed by atoms with Crippen molar-refractivity contribution in [2.75, 3.05) is 13.1 Å². The van der Waals surface area contributed by atoms with Crippen LogP contribution in [0.3, 0.4) is 0 Å². The molecule has 1 aliphatic heterocycles. The van der Waals surface area contributed by atoms with Gasteiger partial charge >= 0.3 is 0 Å². The van der Waals surface area contributed by atoms with Crippen LogP contribution in [0.2, 0.25) is 5.02 Å². The fourth-order valence-corrected chi connectivity index (χ4v) is 2.00. The zero-order valence-electron chi connectivity index (χ0n) is 8.87. The van der Waals surface area contributed by atoms with Crippen LogP contribution in [0.1, 0.15) is 12.5 Å². The summed E-state index contributed by atoms with van der Waals surface area (Å²) in [6.45, 7) is 3.99. The standard InChI is InChI=1S/C12H16ClNO/c1-9-7-14-8-12(15-9)6-10-2-4-11(13)5-3-10/h2-5,9,12,14H,6-8H2,1H3. The Bertz CT molecular complexity index is 312. The van der Waals surface area contributed by atoms with Crippen molar-refractivity contribution in [3.05, 3.63) is 34.9 Å². The van der Waals surface area contributed by atoms with Gasteiger partial charge in [-0.05, 0) is 31.0 Å². The van der Waals surface area contributed by atoms with E-state index < -0.39 is 0 Å². The van der Waals surface area contributed by atoms with E-state index >= 15 is 0 Å². The largest absolute Gasteiger partial charge is 0.372 e. The van der Waals surface area contributed by atoms with Gasteiger partial charge < -0.3 is 10.1 Å². The van der Waals surface area contributed by atoms with Crippen LogP contribution in [0.15, 0.2) is 24.3 Å². The van der Waals surface area contributed by atoms with E-state index in [0.717, 1.165) is 24.5 Å². The SMILES string of the molecule is CC1CNCC(Cc2ccc(Cl)cc2)O1. The molecule has 1 aromatic rings. The van der Waals surface area contributed by atoms with Crippen molar-refractivity contribution in [3.63, 3.8) is 0 Å². The Morgan fingerprint density at radius 3 is 2.73 bits per heavy atom. The number of halogens is 1. The molecule has 3 heteroatoms. The molecule has 82 valence electrons. The number of morpholine rings is 1. The summed E-state index contributed by atoms with van der Waals surface area (Å²) in [5, 5.41) is 4.15. The van der Waals surface area contributed by atoms with E-state index in [-0.39, 0.29) is 6.10 Å². The van der Waals surface area contributed by atoms with E-state index in [2.05, 4.69) is 24.4 Å². The van der Waals surface area contributed by atoms with Crippen LogP contribution in [0, 0.1) is 0 Å². The van der Waals surface area contributed by atoms with Crippen LogP contribution in [0.25, 0.3) is 0 Å². The minimum Gasteiger partial charge on any atom is -0.372 e. The normalized spacial score (nSPS) is 26.5. The van der Waals surface area contributed by atoms with Crippen molar-refractivity contribution >= 4 is 11.6 Å². The summed E-state index contributed by atoms with van der Waals surface area (Å²) >= 11 is 5.83. The molecular formula is C12H16ClNO. The Hall–Kier alpha value is -0.570. The Balaban J connectivity index is 1.93. The van der Waals surface area contributed by atoms with Crippen LogP contribution in [0.5, 0.6) is 0 Å². The van der Waals surface area contributed by atoms with Gasteiger partial charge in [-0.2, -0.15) is 0 Å². The van der Waals surface area contributed by atoms with Gasteiger partial charge in [0, 0.05) is 18.1 Å². The van der Waals surface area contributed by atoms with Gasteiger partial charge in [-0.1, -0.05) is 23.7 Å². The summed E-state index contributed by atoms with van der Waals surface area (Å²) in [7, 11) is 0. The minimum atomic E-state index is 0.287. The summed E-state index contributed by atoms with van der Waals surface area (Å²) in [5.41, 5.74) is 1.28. The molecular weight excluding hydrogens is 210 g/mol. The van der Waals surface area contributed by atoms with Crippen LogP contribution < -0.4 is 5.32 Å². The first-order valence-electron chi connectivity index (χ1n) is 5.34. The van der Waals surface area contributed by atoms with Crippen molar-refractivity contribution in [2.45, 2.75) is 25.6 Å². The maximum atomic E-state index is 5.83. The summed E-state index contributed by atoms with van der Waals surface area (Å²) in [5.74, 6) is 0. The highest BCUT2D eigenvalue weighted by Crippen LogP contribution is 2.14. The summed E-state index contributed by atoms with van der Waals surface area (Å²) < 4.78 is 5.82. The molecule has 2 unspecified atom stereocenters. The lowest BCUT2D eigenvalue weighted by molar-refractivity contribution is -0.0262. The van der Waals surface area contributed by atoms with Gasteiger partial charge in [0.15, 0.2) is 0 Å². The smallest absolute Gasteiger partial charge is 0.0743 e. The second-order valence-electron chi connectivity index (χ2n) is 4.06. The summed E-state index contributed by atoms with van der Waals surface area (Å²) in [6.07, 6.45) is 1.56. The molecule has 1 fully saturated rings. The number of nitrogens with one attached hydrogen (secondary N) is 1. The first kappa shape index (κ1) is 10.9. The van der Waals surface area contributed by atoms with E-state index in [9.17, 15) is 0 Å². The molecule has 0 radical (unpaired) electrons. The van der Waals surface area contributed by atoms with Crippen LogP contribution in [0.4, 0.5) is 0 Å². The number of rotatable bonds is 2. The third-order valence-corrected chi connectivity index (χ3v) is 2.86. The molecule has 0 aromatic heterocycles. The molecule has 1 aromatic carbocycles. The van der Waals surface area contributed by atoms with Crippen molar-refractivity contribution in [1.82, 2.24) is 5.32 Å². The second kappa shape index (κ2) is 4.97. The molecule has 15 heavy (non-hydrogen) atoms. The Morgan fingerprint density at radius 1 is 1.33 bits per heavy atom. The topological polar surface area (TPSA) is 21.3 Å². The van der Waals surface area contributed by atoms with Gasteiger partial charge in [0.1, 0.15) is 0 Å². The summed E-state index contributed by atoms with van der Waals surface area (Å²) in [6, 6.07) is 7.98. The highest BCUT2D eigenvalue weighted by atomic mass is 35.5. The Morgan fingerprint density at radius 2 is 2.07 bits per heavy atom. The van der Waals surface area contributed by atoms with Crippen molar-refractivity contribution < 1.29 is 4.74 Å². The van der Waals surface area contributed by atoms with E-state index in [1.54, 1.807) is 0 Å². The minimum absolute atomic E-state index is 0.287. The van der Waals surface area contributed by atoms with Gasteiger partial charge in [-0.3, -0.25) is 0 Å². The molecule has 2 rings (SSSR count). The Labute approximate surface area is 95.6 Å². The molecule has 1 N–H and O–H groups in total. The van der Waals surface area contributed by atoms with Crippen LogP contribution in [-0.2, 0) is 11.2 Å². The lowest BCUT2D eigenvalue weighted by Gasteiger charge is -2.28. The van der Waals surface area contributed by atoms with Crippen molar-refractivity contribution in [2.24, 2.45) is 0 Å². The molecule has 0 saturated carbocycles. The Kier molecular flexibility index (Phi) is 3.62. The summed E-state index contributed by atoms with van der Waals surface area (Å²) in [4.78, 5) is 0.